The van der Waals surface area contributed by atoms with Gasteiger partial charge in [0.1, 0.15) is 5.82 Å². The number of benzene rings is 1. The van der Waals surface area contributed by atoms with E-state index in [9.17, 15) is 8.78 Å². The van der Waals surface area contributed by atoms with Crippen LogP contribution in [0.4, 0.5) is 14.6 Å². The van der Waals surface area contributed by atoms with Gasteiger partial charge in [0.2, 0.25) is 0 Å². The van der Waals surface area contributed by atoms with E-state index >= 15 is 0 Å². The van der Waals surface area contributed by atoms with E-state index in [2.05, 4.69) is 27.5 Å². The zero-order valence-corrected chi connectivity index (χ0v) is 14.0. The summed E-state index contributed by atoms with van der Waals surface area (Å²) in [6.07, 6.45) is -0.152. The molecule has 2 heterocycles. The standard InChI is InChI=1S/C18H22F2N4/c1-12-10-13(18(19)20)5-6-15(12)16-7-8-17(23-22-16)21-14-4-3-9-24(2)11-14/h5-8,10,14,18H,3-4,9,11H2,1-2H3,(H,21,23)/t14-/m1/s1. The summed E-state index contributed by atoms with van der Waals surface area (Å²) in [5, 5.41) is 11.9. The van der Waals surface area contributed by atoms with Gasteiger partial charge in [-0.25, -0.2) is 8.78 Å². The highest BCUT2D eigenvalue weighted by molar-refractivity contribution is 5.64. The highest BCUT2D eigenvalue weighted by atomic mass is 19.3. The molecular formula is C18H22F2N4. The van der Waals surface area contributed by atoms with Gasteiger partial charge in [-0.1, -0.05) is 12.1 Å². The molecule has 6 heteroatoms. The van der Waals surface area contributed by atoms with Crippen LogP contribution in [0, 0.1) is 6.92 Å². The molecule has 24 heavy (non-hydrogen) atoms. The number of halogens is 2. The first-order valence-corrected chi connectivity index (χ1v) is 8.21. The number of nitrogens with zero attached hydrogens (tertiary/aromatic N) is 3. The minimum absolute atomic E-state index is 0.0314. The highest BCUT2D eigenvalue weighted by Crippen LogP contribution is 2.27. The van der Waals surface area contributed by atoms with Gasteiger partial charge >= 0.3 is 0 Å². The van der Waals surface area contributed by atoms with E-state index < -0.39 is 6.43 Å². The molecule has 128 valence electrons. The van der Waals surface area contributed by atoms with Gasteiger partial charge in [0.05, 0.1) is 5.69 Å². The average Bonchev–Trinajstić information content (AvgIpc) is 2.55. The van der Waals surface area contributed by atoms with E-state index in [1.165, 1.54) is 18.6 Å². The molecule has 2 aromatic rings. The van der Waals surface area contributed by atoms with Crippen LogP contribution >= 0.6 is 0 Å². The molecule has 0 saturated carbocycles. The van der Waals surface area contributed by atoms with E-state index in [1.807, 2.05) is 19.1 Å². The Morgan fingerprint density at radius 3 is 2.67 bits per heavy atom. The lowest BCUT2D eigenvalue weighted by Crippen LogP contribution is -2.39. The van der Waals surface area contributed by atoms with Gasteiger partial charge < -0.3 is 10.2 Å². The summed E-state index contributed by atoms with van der Waals surface area (Å²) in [4.78, 5) is 2.30. The van der Waals surface area contributed by atoms with E-state index in [-0.39, 0.29) is 5.56 Å². The molecule has 3 rings (SSSR count). The van der Waals surface area contributed by atoms with Crippen molar-refractivity contribution in [3.8, 4) is 11.3 Å². The van der Waals surface area contributed by atoms with Crippen molar-refractivity contribution in [3.63, 3.8) is 0 Å². The van der Waals surface area contributed by atoms with Gasteiger partial charge in [0.25, 0.3) is 6.43 Å². The maximum Gasteiger partial charge on any atom is 0.263 e. The summed E-state index contributed by atoms with van der Waals surface area (Å²) in [7, 11) is 2.12. The Kier molecular flexibility index (Phi) is 5.04. The summed E-state index contributed by atoms with van der Waals surface area (Å²) >= 11 is 0. The number of piperidine rings is 1. The van der Waals surface area contributed by atoms with Crippen molar-refractivity contribution in [2.45, 2.75) is 32.2 Å². The Balaban J connectivity index is 1.72. The third-order valence-electron chi connectivity index (χ3n) is 4.42. The third-order valence-corrected chi connectivity index (χ3v) is 4.42. The third kappa shape index (κ3) is 3.87. The molecule has 0 amide bonds. The number of aromatic nitrogens is 2. The lowest BCUT2D eigenvalue weighted by molar-refractivity contribution is 0.151. The van der Waals surface area contributed by atoms with E-state index in [4.69, 9.17) is 0 Å². The second-order valence-electron chi connectivity index (χ2n) is 6.42. The first-order chi connectivity index (χ1) is 11.5. The van der Waals surface area contributed by atoms with Crippen LogP contribution in [0.25, 0.3) is 11.3 Å². The van der Waals surface area contributed by atoms with Crippen molar-refractivity contribution in [2.75, 3.05) is 25.5 Å². The second kappa shape index (κ2) is 7.21. The molecule has 1 atom stereocenters. The molecule has 0 spiro atoms. The Bertz CT molecular complexity index is 688. The van der Waals surface area contributed by atoms with Gasteiger partial charge in [-0.05, 0) is 57.1 Å². The molecule has 0 radical (unpaired) electrons. The first kappa shape index (κ1) is 16.8. The number of likely N-dealkylation sites (N-methyl/N-ethyl adjacent to an activating group) is 1. The molecule has 0 aliphatic carbocycles. The molecule has 1 aromatic carbocycles. The van der Waals surface area contributed by atoms with Crippen molar-refractivity contribution in [1.82, 2.24) is 15.1 Å². The van der Waals surface area contributed by atoms with Crippen molar-refractivity contribution in [1.29, 1.82) is 0 Å². The zero-order valence-electron chi connectivity index (χ0n) is 14.0. The Hall–Kier alpha value is -2.08. The monoisotopic (exact) mass is 332 g/mol. The van der Waals surface area contributed by atoms with Crippen LogP contribution in [0.2, 0.25) is 0 Å². The maximum atomic E-state index is 12.7. The van der Waals surface area contributed by atoms with Gasteiger partial charge in [-0.2, -0.15) is 0 Å². The van der Waals surface area contributed by atoms with Gasteiger partial charge in [0.15, 0.2) is 0 Å². The van der Waals surface area contributed by atoms with Crippen molar-refractivity contribution in [3.05, 3.63) is 41.5 Å². The fourth-order valence-corrected chi connectivity index (χ4v) is 3.16. The van der Waals surface area contributed by atoms with Gasteiger partial charge in [0, 0.05) is 23.7 Å². The number of aryl methyl sites for hydroxylation is 1. The van der Waals surface area contributed by atoms with E-state index in [0.29, 0.717) is 11.7 Å². The topological polar surface area (TPSA) is 41.0 Å². The lowest BCUT2D eigenvalue weighted by Gasteiger charge is -2.30. The predicted molar refractivity (Wildman–Crippen MR) is 91.3 cm³/mol. The summed E-state index contributed by atoms with van der Waals surface area (Å²) < 4.78 is 25.5. The van der Waals surface area contributed by atoms with Crippen molar-refractivity contribution < 1.29 is 8.78 Å². The number of hydrogen-bond donors (Lipinski definition) is 1. The number of likely N-dealkylation sites (tertiary alicyclic amines) is 1. The summed E-state index contributed by atoms with van der Waals surface area (Å²) in [6, 6.07) is 8.80. The van der Waals surface area contributed by atoms with Crippen LogP contribution in [-0.2, 0) is 0 Å². The van der Waals surface area contributed by atoms with Crippen molar-refractivity contribution in [2.24, 2.45) is 0 Å². The highest BCUT2D eigenvalue weighted by Gasteiger charge is 2.17. The summed E-state index contributed by atoms with van der Waals surface area (Å²) in [5.74, 6) is 0.751. The number of anilines is 1. The number of rotatable bonds is 4. The molecule has 1 fully saturated rings. The molecule has 1 aliphatic heterocycles. The summed E-state index contributed by atoms with van der Waals surface area (Å²) in [5.41, 5.74) is 2.33. The SMILES string of the molecule is Cc1cc(C(F)F)ccc1-c1ccc(N[C@@H]2CCCN(C)C2)nn1. The molecule has 1 N–H and O–H groups in total. The van der Waals surface area contributed by atoms with Crippen LogP contribution in [0.5, 0.6) is 0 Å². The van der Waals surface area contributed by atoms with Gasteiger partial charge in [-0.3, -0.25) is 0 Å². The quantitative estimate of drug-likeness (QED) is 0.922. The Morgan fingerprint density at radius 1 is 1.21 bits per heavy atom. The Labute approximate surface area is 140 Å². The molecule has 0 unspecified atom stereocenters. The average molecular weight is 332 g/mol. The minimum Gasteiger partial charge on any atom is -0.365 e. The number of nitrogens with one attached hydrogen (secondary N) is 1. The maximum absolute atomic E-state index is 12.7. The molecule has 4 nitrogen and oxygen atoms in total. The van der Waals surface area contributed by atoms with E-state index in [0.717, 1.165) is 36.5 Å². The fourth-order valence-electron chi connectivity index (χ4n) is 3.16. The van der Waals surface area contributed by atoms with Crippen LogP contribution in [-0.4, -0.2) is 41.3 Å². The predicted octanol–water partition coefficient (Wildman–Crippen LogP) is 3.90. The molecule has 1 aromatic heterocycles. The largest absolute Gasteiger partial charge is 0.365 e. The smallest absolute Gasteiger partial charge is 0.263 e. The summed E-state index contributed by atoms with van der Waals surface area (Å²) in [6.45, 7) is 3.95. The molecule has 0 bridgehead atoms. The second-order valence-corrected chi connectivity index (χ2v) is 6.42. The van der Waals surface area contributed by atoms with Crippen molar-refractivity contribution >= 4 is 5.82 Å². The minimum atomic E-state index is -2.45. The van der Waals surface area contributed by atoms with Crippen LogP contribution < -0.4 is 5.32 Å². The molecular weight excluding hydrogens is 310 g/mol. The Morgan fingerprint density at radius 2 is 2.04 bits per heavy atom. The van der Waals surface area contributed by atoms with E-state index in [1.54, 1.807) is 6.07 Å². The molecule has 1 saturated heterocycles. The number of alkyl halides is 2. The lowest BCUT2D eigenvalue weighted by atomic mass is 10.0. The molecule has 1 aliphatic rings. The number of hydrogen-bond acceptors (Lipinski definition) is 4. The normalized spacial score (nSPS) is 18.8. The van der Waals surface area contributed by atoms with Gasteiger partial charge in [-0.15, -0.1) is 10.2 Å². The zero-order chi connectivity index (χ0) is 17.1. The van der Waals surface area contributed by atoms with Crippen LogP contribution in [0.15, 0.2) is 30.3 Å². The van der Waals surface area contributed by atoms with Crippen LogP contribution in [0.1, 0.15) is 30.4 Å². The fraction of sp³-hybridized carbons (Fsp3) is 0.444. The first-order valence-electron chi connectivity index (χ1n) is 8.21. The van der Waals surface area contributed by atoms with Crippen LogP contribution in [0.3, 0.4) is 0 Å².